The van der Waals surface area contributed by atoms with E-state index in [0.717, 1.165) is 0 Å². The van der Waals surface area contributed by atoms with Gasteiger partial charge in [-0.05, 0) is 38.1 Å². The molecule has 1 saturated heterocycles. The van der Waals surface area contributed by atoms with Gasteiger partial charge in [0.15, 0.2) is 0 Å². The van der Waals surface area contributed by atoms with Crippen LogP contribution in [0.15, 0.2) is 24.5 Å². The van der Waals surface area contributed by atoms with Crippen LogP contribution < -0.4 is 5.32 Å². The van der Waals surface area contributed by atoms with E-state index in [0.29, 0.717) is 12.0 Å². The SMILES string of the molecule is CC1CN(C)CCC1Nc1ccncc1. The van der Waals surface area contributed by atoms with Crippen molar-refractivity contribution in [2.45, 2.75) is 19.4 Å². The predicted molar refractivity (Wildman–Crippen MR) is 62.9 cm³/mol. The van der Waals surface area contributed by atoms with Crippen LogP contribution in [0.4, 0.5) is 5.69 Å². The minimum Gasteiger partial charge on any atom is -0.382 e. The number of hydrogen-bond donors (Lipinski definition) is 1. The van der Waals surface area contributed by atoms with Gasteiger partial charge in [0, 0.05) is 30.7 Å². The molecule has 3 heteroatoms. The lowest BCUT2D eigenvalue weighted by Crippen LogP contribution is -2.43. The van der Waals surface area contributed by atoms with Crippen molar-refractivity contribution in [1.82, 2.24) is 9.88 Å². The Hall–Kier alpha value is -1.09. The summed E-state index contributed by atoms with van der Waals surface area (Å²) >= 11 is 0. The largest absolute Gasteiger partial charge is 0.382 e. The van der Waals surface area contributed by atoms with E-state index < -0.39 is 0 Å². The van der Waals surface area contributed by atoms with Crippen molar-refractivity contribution in [1.29, 1.82) is 0 Å². The highest BCUT2D eigenvalue weighted by Crippen LogP contribution is 2.19. The fourth-order valence-corrected chi connectivity index (χ4v) is 2.23. The van der Waals surface area contributed by atoms with Gasteiger partial charge in [0.05, 0.1) is 0 Å². The van der Waals surface area contributed by atoms with Crippen LogP contribution in [0.5, 0.6) is 0 Å². The molecule has 0 bridgehead atoms. The van der Waals surface area contributed by atoms with Crippen molar-refractivity contribution in [3.63, 3.8) is 0 Å². The molecule has 2 heterocycles. The van der Waals surface area contributed by atoms with E-state index in [4.69, 9.17) is 0 Å². The molecule has 15 heavy (non-hydrogen) atoms. The molecule has 1 aliphatic rings. The number of piperidine rings is 1. The zero-order chi connectivity index (χ0) is 10.7. The molecule has 0 amide bonds. The molecule has 82 valence electrons. The summed E-state index contributed by atoms with van der Waals surface area (Å²) in [6, 6.07) is 4.67. The van der Waals surface area contributed by atoms with Gasteiger partial charge in [-0.2, -0.15) is 0 Å². The summed E-state index contributed by atoms with van der Waals surface area (Å²) in [5.74, 6) is 0.705. The summed E-state index contributed by atoms with van der Waals surface area (Å²) in [6.07, 6.45) is 4.89. The topological polar surface area (TPSA) is 28.2 Å². The van der Waals surface area contributed by atoms with Crippen LogP contribution in [0.1, 0.15) is 13.3 Å². The first-order chi connectivity index (χ1) is 7.25. The number of rotatable bonds is 2. The highest BCUT2D eigenvalue weighted by Gasteiger charge is 2.23. The van der Waals surface area contributed by atoms with Gasteiger partial charge in [0.25, 0.3) is 0 Å². The summed E-state index contributed by atoms with van der Waals surface area (Å²) in [5.41, 5.74) is 1.19. The van der Waals surface area contributed by atoms with E-state index in [1.807, 2.05) is 24.5 Å². The van der Waals surface area contributed by atoms with Crippen LogP contribution in [0, 0.1) is 5.92 Å². The molecule has 2 atom stereocenters. The van der Waals surface area contributed by atoms with Gasteiger partial charge in [-0.3, -0.25) is 4.98 Å². The molecule has 0 spiro atoms. The van der Waals surface area contributed by atoms with E-state index in [1.54, 1.807) is 0 Å². The number of anilines is 1. The average molecular weight is 205 g/mol. The minimum atomic E-state index is 0.601. The van der Waals surface area contributed by atoms with Gasteiger partial charge in [-0.1, -0.05) is 6.92 Å². The highest BCUT2D eigenvalue weighted by molar-refractivity contribution is 5.42. The fraction of sp³-hybridized carbons (Fsp3) is 0.583. The zero-order valence-corrected chi connectivity index (χ0v) is 9.48. The molecule has 1 aliphatic heterocycles. The number of hydrogen-bond acceptors (Lipinski definition) is 3. The maximum atomic E-state index is 4.02. The zero-order valence-electron chi connectivity index (χ0n) is 9.48. The highest BCUT2D eigenvalue weighted by atomic mass is 15.1. The third-order valence-corrected chi connectivity index (χ3v) is 3.14. The second kappa shape index (κ2) is 4.62. The lowest BCUT2D eigenvalue weighted by molar-refractivity contribution is 0.206. The fourth-order valence-electron chi connectivity index (χ4n) is 2.23. The van der Waals surface area contributed by atoms with Gasteiger partial charge >= 0.3 is 0 Å². The van der Waals surface area contributed by atoms with Crippen LogP contribution in [0.2, 0.25) is 0 Å². The number of aromatic nitrogens is 1. The van der Waals surface area contributed by atoms with Crippen molar-refractivity contribution < 1.29 is 0 Å². The van der Waals surface area contributed by atoms with Crippen molar-refractivity contribution in [2.24, 2.45) is 5.92 Å². The monoisotopic (exact) mass is 205 g/mol. The van der Waals surface area contributed by atoms with Crippen molar-refractivity contribution >= 4 is 5.69 Å². The minimum absolute atomic E-state index is 0.601. The predicted octanol–water partition coefficient (Wildman–Crippen LogP) is 1.83. The Balaban J connectivity index is 1.95. The van der Waals surface area contributed by atoms with Crippen LogP contribution in [0.3, 0.4) is 0 Å². The summed E-state index contributed by atoms with van der Waals surface area (Å²) < 4.78 is 0. The maximum absolute atomic E-state index is 4.02. The molecule has 1 aromatic rings. The number of nitrogens with zero attached hydrogens (tertiary/aromatic N) is 2. The van der Waals surface area contributed by atoms with Gasteiger partial charge in [0.1, 0.15) is 0 Å². The first-order valence-corrected chi connectivity index (χ1v) is 5.61. The van der Waals surface area contributed by atoms with E-state index in [2.05, 4.69) is 29.2 Å². The summed E-state index contributed by atoms with van der Waals surface area (Å²) in [4.78, 5) is 6.42. The molecule has 0 aromatic carbocycles. The lowest BCUT2D eigenvalue weighted by Gasteiger charge is -2.35. The number of pyridine rings is 1. The summed E-state index contributed by atoms with van der Waals surface area (Å²) in [6.45, 7) is 4.68. The second-order valence-electron chi connectivity index (χ2n) is 4.51. The van der Waals surface area contributed by atoms with Crippen molar-refractivity contribution in [2.75, 3.05) is 25.5 Å². The Morgan fingerprint density at radius 2 is 2.13 bits per heavy atom. The Bertz CT molecular complexity index is 299. The molecule has 1 N–H and O–H groups in total. The van der Waals surface area contributed by atoms with Crippen molar-refractivity contribution in [3.8, 4) is 0 Å². The molecular formula is C12H19N3. The number of likely N-dealkylation sites (tertiary alicyclic amines) is 1. The Kier molecular flexibility index (Phi) is 3.21. The van der Waals surface area contributed by atoms with Crippen LogP contribution >= 0.6 is 0 Å². The number of nitrogens with one attached hydrogen (secondary N) is 1. The van der Waals surface area contributed by atoms with Crippen LogP contribution in [-0.2, 0) is 0 Å². The first-order valence-electron chi connectivity index (χ1n) is 5.61. The average Bonchev–Trinajstić information content (AvgIpc) is 2.24. The molecule has 2 rings (SSSR count). The van der Waals surface area contributed by atoms with Gasteiger partial charge in [0.2, 0.25) is 0 Å². The lowest BCUT2D eigenvalue weighted by atomic mass is 9.94. The van der Waals surface area contributed by atoms with Gasteiger partial charge in [-0.25, -0.2) is 0 Å². The molecule has 0 saturated carbocycles. The molecule has 3 nitrogen and oxygen atoms in total. The Morgan fingerprint density at radius 1 is 1.40 bits per heavy atom. The summed E-state index contributed by atoms with van der Waals surface area (Å²) in [5, 5.41) is 3.58. The van der Waals surface area contributed by atoms with Crippen LogP contribution in [-0.4, -0.2) is 36.1 Å². The molecular weight excluding hydrogens is 186 g/mol. The van der Waals surface area contributed by atoms with E-state index in [9.17, 15) is 0 Å². The third kappa shape index (κ3) is 2.69. The Morgan fingerprint density at radius 3 is 2.80 bits per heavy atom. The standard InChI is InChI=1S/C12H19N3/c1-10-9-15(2)8-5-12(10)14-11-3-6-13-7-4-11/h3-4,6-7,10,12H,5,8-9H2,1-2H3,(H,13,14). The van der Waals surface area contributed by atoms with Crippen molar-refractivity contribution in [3.05, 3.63) is 24.5 Å². The van der Waals surface area contributed by atoms with E-state index in [-0.39, 0.29) is 0 Å². The van der Waals surface area contributed by atoms with Gasteiger partial charge < -0.3 is 10.2 Å². The molecule has 0 radical (unpaired) electrons. The molecule has 2 unspecified atom stereocenters. The maximum Gasteiger partial charge on any atom is 0.0373 e. The van der Waals surface area contributed by atoms with E-state index >= 15 is 0 Å². The molecule has 1 aromatic heterocycles. The first kappa shape index (κ1) is 10.4. The molecule has 0 aliphatic carbocycles. The smallest absolute Gasteiger partial charge is 0.0373 e. The quantitative estimate of drug-likeness (QED) is 0.798. The van der Waals surface area contributed by atoms with E-state index in [1.165, 1.54) is 25.2 Å². The van der Waals surface area contributed by atoms with Crippen LogP contribution in [0.25, 0.3) is 0 Å². The van der Waals surface area contributed by atoms with Gasteiger partial charge in [-0.15, -0.1) is 0 Å². The summed E-state index contributed by atoms with van der Waals surface area (Å²) in [7, 11) is 2.19. The third-order valence-electron chi connectivity index (χ3n) is 3.14. The normalized spacial score (nSPS) is 27.6. The molecule has 1 fully saturated rings. The Labute approximate surface area is 91.5 Å². The second-order valence-corrected chi connectivity index (χ2v) is 4.51.